The molecular weight excluding hydrogens is 314 g/mol. The van der Waals surface area contributed by atoms with E-state index >= 15 is 0 Å². The van der Waals surface area contributed by atoms with Gasteiger partial charge in [-0.25, -0.2) is 0 Å². The molecule has 0 aliphatic heterocycles. The summed E-state index contributed by atoms with van der Waals surface area (Å²) in [6, 6.07) is 4.31. The Morgan fingerprint density at radius 3 is 2.72 bits per heavy atom. The van der Waals surface area contributed by atoms with Gasteiger partial charge in [-0.1, -0.05) is 6.92 Å². The lowest BCUT2D eigenvalue weighted by Crippen LogP contribution is -2.13. The van der Waals surface area contributed by atoms with Crippen molar-refractivity contribution in [2.24, 2.45) is 0 Å². The molecule has 0 radical (unpaired) electrons. The highest BCUT2D eigenvalue weighted by molar-refractivity contribution is 9.11. The topological polar surface area (TPSA) is 76.7 Å². The third-order valence-electron chi connectivity index (χ3n) is 2.41. The lowest BCUT2D eigenvalue weighted by molar-refractivity contribution is 0.748. The van der Waals surface area contributed by atoms with Gasteiger partial charge in [-0.3, -0.25) is 0 Å². The second kappa shape index (κ2) is 5.62. The third-order valence-corrected chi connectivity index (χ3v) is 4.15. The summed E-state index contributed by atoms with van der Waals surface area (Å²) in [6.07, 6.45) is 0.942. The minimum absolute atomic E-state index is 0.183. The molecule has 0 fully saturated rings. The predicted octanol–water partition coefficient (Wildman–Crippen LogP) is 3.15. The monoisotopic (exact) mass is 327 g/mol. The average Bonchev–Trinajstić information content (AvgIpc) is 2.71. The zero-order chi connectivity index (χ0) is 13.1. The van der Waals surface area contributed by atoms with Gasteiger partial charge < -0.3 is 11.1 Å². The van der Waals surface area contributed by atoms with Crippen LogP contribution >= 0.6 is 27.3 Å². The van der Waals surface area contributed by atoms with E-state index in [2.05, 4.69) is 49.2 Å². The van der Waals surface area contributed by atoms with Gasteiger partial charge in [0, 0.05) is 4.88 Å². The van der Waals surface area contributed by atoms with Gasteiger partial charge in [-0.05, 0) is 41.4 Å². The van der Waals surface area contributed by atoms with Gasteiger partial charge in [0.25, 0.3) is 0 Å². The molecule has 2 heterocycles. The van der Waals surface area contributed by atoms with Crippen molar-refractivity contribution in [2.45, 2.75) is 26.3 Å². The van der Waals surface area contributed by atoms with E-state index in [-0.39, 0.29) is 12.0 Å². The van der Waals surface area contributed by atoms with Crippen molar-refractivity contribution in [1.29, 1.82) is 0 Å². The summed E-state index contributed by atoms with van der Waals surface area (Å²) in [5.41, 5.74) is 5.61. The first-order valence-corrected chi connectivity index (χ1v) is 7.19. The zero-order valence-electron chi connectivity index (χ0n) is 10.1. The Labute approximate surface area is 118 Å². The molecule has 7 heteroatoms. The van der Waals surface area contributed by atoms with Crippen LogP contribution in [0.15, 0.2) is 15.9 Å². The number of hydrogen-bond acceptors (Lipinski definition) is 6. The summed E-state index contributed by atoms with van der Waals surface area (Å²) in [5.74, 6) is 1.38. The van der Waals surface area contributed by atoms with Crippen LogP contribution in [0.5, 0.6) is 0 Å². The highest BCUT2D eigenvalue weighted by Gasteiger charge is 2.13. The van der Waals surface area contributed by atoms with Crippen molar-refractivity contribution in [2.75, 3.05) is 11.1 Å². The van der Waals surface area contributed by atoms with Crippen LogP contribution in [0, 0.1) is 6.92 Å². The Kier molecular flexibility index (Phi) is 4.13. The molecule has 0 bridgehead atoms. The smallest absolute Gasteiger partial charge is 0.228 e. The highest BCUT2D eigenvalue weighted by atomic mass is 79.9. The number of nitrogens with one attached hydrogen (secondary N) is 1. The Balaban J connectivity index is 2.20. The molecule has 96 valence electrons. The molecule has 0 saturated heterocycles. The molecule has 0 amide bonds. The molecule has 0 spiro atoms. The van der Waals surface area contributed by atoms with Crippen LogP contribution < -0.4 is 11.1 Å². The van der Waals surface area contributed by atoms with Crippen LogP contribution in [0.25, 0.3) is 0 Å². The van der Waals surface area contributed by atoms with Gasteiger partial charge in [0.05, 0.1) is 9.83 Å². The number of hydrogen-bond donors (Lipinski definition) is 2. The van der Waals surface area contributed by atoms with Crippen LogP contribution in [0.4, 0.5) is 11.9 Å². The number of aryl methyl sites for hydroxylation is 1. The van der Waals surface area contributed by atoms with Gasteiger partial charge >= 0.3 is 0 Å². The number of anilines is 2. The minimum atomic E-state index is 0.183. The molecule has 2 rings (SSSR count). The third kappa shape index (κ3) is 3.17. The summed E-state index contributed by atoms with van der Waals surface area (Å²) in [6.45, 7) is 3.91. The molecule has 1 unspecified atom stereocenters. The van der Waals surface area contributed by atoms with Crippen LogP contribution in [0.3, 0.4) is 0 Å². The van der Waals surface area contributed by atoms with Crippen molar-refractivity contribution in [3.05, 3.63) is 26.6 Å². The fraction of sp³-hybridized carbons (Fsp3) is 0.364. The van der Waals surface area contributed by atoms with Crippen molar-refractivity contribution in [1.82, 2.24) is 15.0 Å². The zero-order valence-corrected chi connectivity index (χ0v) is 12.5. The number of nitrogens with two attached hydrogens (primary N) is 1. The predicted molar refractivity (Wildman–Crippen MR) is 77.7 cm³/mol. The summed E-state index contributed by atoms with van der Waals surface area (Å²) >= 11 is 5.17. The van der Waals surface area contributed by atoms with Crippen LogP contribution in [-0.2, 0) is 0 Å². The van der Waals surface area contributed by atoms with Crippen LogP contribution in [0.1, 0.15) is 30.1 Å². The molecule has 18 heavy (non-hydrogen) atoms. The maximum absolute atomic E-state index is 5.61. The molecule has 2 aromatic heterocycles. The van der Waals surface area contributed by atoms with Gasteiger partial charge in [0.15, 0.2) is 0 Å². The standard InChI is InChI=1S/C11H14BrN5S/c1-3-7(8-4-5-9(12)18-8)16-11-15-6(2)14-10(13)17-11/h4-5,7H,3H2,1-2H3,(H3,13,14,15,16,17). The lowest BCUT2D eigenvalue weighted by Gasteiger charge is -2.15. The molecule has 2 aromatic rings. The van der Waals surface area contributed by atoms with E-state index in [1.807, 2.05) is 6.07 Å². The van der Waals surface area contributed by atoms with E-state index in [1.165, 1.54) is 4.88 Å². The molecule has 0 saturated carbocycles. The SMILES string of the molecule is CCC(Nc1nc(C)nc(N)n1)c1ccc(Br)s1. The van der Waals surface area contributed by atoms with Crippen LogP contribution in [0.2, 0.25) is 0 Å². The Bertz CT molecular complexity index is 522. The first-order valence-electron chi connectivity index (χ1n) is 5.58. The average molecular weight is 328 g/mol. The molecule has 0 aliphatic carbocycles. The Morgan fingerprint density at radius 2 is 2.17 bits per heavy atom. The molecule has 3 N–H and O–H groups in total. The fourth-order valence-electron chi connectivity index (χ4n) is 1.61. The van der Waals surface area contributed by atoms with Crippen LogP contribution in [-0.4, -0.2) is 15.0 Å². The second-order valence-electron chi connectivity index (χ2n) is 3.81. The van der Waals surface area contributed by atoms with Crippen molar-refractivity contribution >= 4 is 39.2 Å². The maximum Gasteiger partial charge on any atom is 0.228 e. The summed E-state index contributed by atoms with van der Waals surface area (Å²) < 4.78 is 1.11. The molecule has 1 atom stereocenters. The number of rotatable bonds is 4. The lowest BCUT2D eigenvalue weighted by atomic mass is 10.2. The van der Waals surface area contributed by atoms with Gasteiger partial charge in [-0.2, -0.15) is 15.0 Å². The van der Waals surface area contributed by atoms with E-state index in [0.29, 0.717) is 11.8 Å². The summed E-state index contributed by atoms with van der Waals surface area (Å²) in [7, 11) is 0. The Hall–Kier alpha value is -1.21. The van der Waals surface area contributed by atoms with Gasteiger partial charge in [0.2, 0.25) is 11.9 Å². The number of halogens is 1. The van der Waals surface area contributed by atoms with Crippen molar-refractivity contribution in [3.63, 3.8) is 0 Å². The molecular formula is C11H14BrN5S. The largest absolute Gasteiger partial charge is 0.368 e. The van der Waals surface area contributed by atoms with Gasteiger partial charge in [-0.15, -0.1) is 11.3 Å². The van der Waals surface area contributed by atoms with E-state index in [9.17, 15) is 0 Å². The molecule has 0 aromatic carbocycles. The number of thiophene rings is 1. The first-order chi connectivity index (χ1) is 8.58. The van der Waals surface area contributed by atoms with E-state index in [0.717, 1.165) is 10.2 Å². The first kappa shape index (κ1) is 13.2. The number of aromatic nitrogens is 3. The second-order valence-corrected chi connectivity index (χ2v) is 6.31. The van der Waals surface area contributed by atoms with E-state index in [4.69, 9.17) is 5.73 Å². The summed E-state index contributed by atoms with van der Waals surface area (Å²) in [5, 5.41) is 3.29. The highest BCUT2D eigenvalue weighted by Crippen LogP contribution is 2.30. The number of nitrogens with zero attached hydrogens (tertiary/aromatic N) is 3. The van der Waals surface area contributed by atoms with E-state index in [1.54, 1.807) is 18.3 Å². The quantitative estimate of drug-likeness (QED) is 0.902. The van der Waals surface area contributed by atoms with Gasteiger partial charge in [0.1, 0.15) is 5.82 Å². The minimum Gasteiger partial charge on any atom is -0.368 e. The maximum atomic E-state index is 5.61. The normalized spacial score (nSPS) is 12.4. The van der Waals surface area contributed by atoms with Crippen molar-refractivity contribution in [3.8, 4) is 0 Å². The summed E-state index contributed by atoms with van der Waals surface area (Å²) in [4.78, 5) is 13.5. The van der Waals surface area contributed by atoms with Crippen molar-refractivity contribution < 1.29 is 0 Å². The van der Waals surface area contributed by atoms with E-state index < -0.39 is 0 Å². The Morgan fingerprint density at radius 1 is 1.39 bits per heavy atom. The molecule has 5 nitrogen and oxygen atoms in total. The molecule has 0 aliphatic rings. The fourth-order valence-corrected chi connectivity index (χ4v) is 3.17. The number of nitrogen functional groups attached to an aromatic ring is 1.